The molecule has 192 valence electrons. The highest BCUT2D eigenvalue weighted by atomic mass is 79.9. The molecule has 0 saturated carbocycles. The van der Waals surface area contributed by atoms with Crippen molar-refractivity contribution < 1.29 is 42.8 Å². The summed E-state index contributed by atoms with van der Waals surface area (Å²) in [7, 11) is 1.42. The number of hydrogen-bond donors (Lipinski definition) is 0. The summed E-state index contributed by atoms with van der Waals surface area (Å²) in [4.78, 5) is 41.1. The van der Waals surface area contributed by atoms with E-state index in [1.807, 2.05) is 0 Å². The first-order valence-electron chi connectivity index (χ1n) is 11.1. The topological polar surface area (TPSA) is 119 Å². The van der Waals surface area contributed by atoms with Crippen molar-refractivity contribution in [2.24, 2.45) is 4.99 Å². The van der Waals surface area contributed by atoms with Crippen LogP contribution >= 0.6 is 15.9 Å². The number of hydrogen-bond acceptors (Lipinski definition) is 10. The Labute approximate surface area is 224 Å². The van der Waals surface area contributed by atoms with Gasteiger partial charge in [-0.1, -0.05) is 15.9 Å². The Bertz CT molecular complexity index is 1540. The number of methoxy groups -OCH3 is 1. The smallest absolute Gasteiger partial charge is 0.363 e. The van der Waals surface area contributed by atoms with Gasteiger partial charge in [0.15, 0.2) is 28.7 Å². The first-order valence-corrected chi connectivity index (χ1v) is 11.9. The molecule has 2 aliphatic heterocycles. The lowest BCUT2D eigenvalue weighted by Crippen LogP contribution is -2.09. The molecule has 0 amide bonds. The van der Waals surface area contributed by atoms with Crippen molar-refractivity contribution in [3.05, 3.63) is 81.5 Å². The molecule has 0 unspecified atom stereocenters. The average Bonchev–Trinajstić information content (AvgIpc) is 3.51. The highest BCUT2D eigenvalue weighted by molar-refractivity contribution is 9.10. The van der Waals surface area contributed by atoms with Gasteiger partial charge < -0.3 is 28.4 Å². The van der Waals surface area contributed by atoms with Gasteiger partial charge in [0.2, 0.25) is 12.7 Å². The molecule has 0 N–H and O–H groups in total. The van der Waals surface area contributed by atoms with Crippen molar-refractivity contribution in [2.45, 2.75) is 6.92 Å². The maximum absolute atomic E-state index is 12.8. The third-order valence-corrected chi connectivity index (χ3v) is 5.85. The molecule has 2 aliphatic rings. The van der Waals surface area contributed by atoms with Crippen LogP contribution in [0.3, 0.4) is 0 Å². The Kier molecular flexibility index (Phi) is 6.84. The van der Waals surface area contributed by atoms with E-state index in [2.05, 4.69) is 20.9 Å². The van der Waals surface area contributed by atoms with E-state index >= 15 is 0 Å². The molecule has 2 heterocycles. The highest BCUT2D eigenvalue weighted by Crippen LogP contribution is 2.34. The minimum atomic E-state index is -0.698. The summed E-state index contributed by atoms with van der Waals surface area (Å²) >= 11 is 3.39. The number of carbonyl (C=O) groups is 3. The van der Waals surface area contributed by atoms with Crippen LogP contribution in [-0.4, -0.2) is 37.7 Å². The SMILES string of the molecule is COc1cc(C2=N/C(=C\c3cc(Br)ccc3OC(=O)c3ccc4c(c3)OCO4)C(=O)O2)ccc1OC(C)=O. The van der Waals surface area contributed by atoms with Gasteiger partial charge in [-0.3, -0.25) is 4.79 Å². The van der Waals surface area contributed by atoms with E-state index in [0.29, 0.717) is 27.1 Å². The molecular weight excluding hydrogens is 562 g/mol. The molecule has 10 nitrogen and oxygen atoms in total. The van der Waals surface area contributed by atoms with Crippen molar-refractivity contribution >= 4 is 45.8 Å². The first-order chi connectivity index (χ1) is 18.3. The van der Waals surface area contributed by atoms with Gasteiger partial charge >= 0.3 is 17.9 Å². The fourth-order valence-electron chi connectivity index (χ4n) is 3.63. The molecule has 0 atom stereocenters. The quantitative estimate of drug-likeness (QED) is 0.233. The largest absolute Gasteiger partial charge is 0.493 e. The Balaban J connectivity index is 1.42. The third kappa shape index (κ3) is 5.23. The van der Waals surface area contributed by atoms with Gasteiger partial charge in [0.25, 0.3) is 0 Å². The number of cyclic esters (lactones) is 1. The zero-order valence-corrected chi connectivity index (χ0v) is 21.6. The Morgan fingerprint density at radius 2 is 1.74 bits per heavy atom. The zero-order chi connectivity index (χ0) is 26.8. The van der Waals surface area contributed by atoms with Crippen molar-refractivity contribution in [1.29, 1.82) is 0 Å². The summed E-state index contributed by atoms with van der Waals surface area (Å²) in [5, 5.41) is 0. The summed E-state index contributed by atoms with van der Waals surface area (Å²) in [6.45, 7) is 1.36. The monoisotopic (exact) mass is 579 g/mol. The summed E-state index contributed by atoms with van der Waals surface area (Å²) in [5.74, 6) is -0.121. The van der Waals surface area contributed by atoms with Crippen LogP contribution in [0.15, 0.2) is 69.8 Å². The maximum Gasteiger partial charge on any atom is 0.363 e. The number of esters is 3. The van der Waals surface area contributed by atoms with Gasteiger partial charge in [-0.15, -0.1) is 0 Å². The van der Waals surface area contributed by atoms with E-state index in [0.717, 1.165) is 0 Å². The molecule has 0 aromatic heterocycles. The first kappa shape index (κ1) is 25.0. The van der Waals surface area contributed by atoms with Crippen LogP contribution in [0.25, 0.3) is 6.08 Å². The predicted molar refractivity (Wildman–Crippen MR) is 137 cm³/mol. The summed E-state index contributed by atoms with van der Waals surface area (Å²) in [6, 6.07) is 14.3. The second-order valence-corrected chi connectivity index (χ2v) is 8.85. The van der Waals surface area contributed by atoms with Crippen LogP contribution in [0.2, 0.25) is 0 Å². The fourth-order valence-corrected chi connectivity index (χ4v) is 4.01. The lowest BCUT2D eigenvalue weighted by Gasteiger charge is -2.09. The minimum absolute atomic E-state index is 0.0125. The second kappa shape index (κ2) is 10.4. The van der Waals surface area contributed by atoms with Crippen LogP contribution in [-0.2, 0) is 14.3 Å². The number of rotatable bonds is 6. The van der Waals surface area contributed by atoms with E-state index in [1.54, 1.807) is 36.4 Å². The van der Waals surface area contributed by atoms with Crippen molar-refractivity contribution in [3.63, 3.8) is 0 Å². The summed E-state index contributed by atoms with van der Waals surface area (Å²) in [6.07, 6.45) is 1.45. The molecule has 5 rings (SSSR count). The zero-order valence-electron chi connectivity index (χ0n) is 20.0. The second-order valence-electron chi connectivity index (χ2n) is 7.94. The number of benzene rings is 3. The molecule has 3 aromatic carbocycles. The van der Waals surface area contributed by atoms with Crippen LogP contribution in [0, 0.1) is 0 Å². The van der Waals surface area contributed by atoms with E-state index < -0.39 is 17.9 Å². The molecule has 0 bridgehead atoms. The summed E-state index contributed by atoms with van der Waals surface area (Å²) < 4.78 is 32.6. The van der Waals surface area contributed by atoms with E-state index in [4.69, 9.17) is 28.4 Å². The number of fused-ring (bicyclic) bond motifs is 1. The fraction of sp³-hybridized carbons (Fsp3) is 0.111. The number of aliphatic imine (C=N–C) groups is 1. The van der Waals surface area contributed by atoms with Crippen molar-refractivity contribution in [2.75, 3.05) is 13.9 Å². The standard InChI is InChI=1S/C27H18BrNO9/c1-14(30)36-22-7-3-15(11-23(22)33-2)25-29-19(27(32)38-25)10-17-9-18(28)5-8-20(17)37-26(31)16-4-6-21-24(12-16)35-13-34-21/h3-12H,13H2,1-2H3/b19-10-. The average molecular weight is 580 g/mol. The molecule has 0 aliphatic carbocycles. The Morgan fingerprint density at radius 1 is 0.947 bits per heavy atom. The molecule has 3 aromatic rings. The van der Waals surface area contributed by atoms with Gasteiger partial charge in [0.05, 0.1) is 12.7 Å². The predicted octanol–water partition coefficient (Wildman–Crippen LogP) is 4.68. The Morgan fingerprint density at radius 3 is 2.53 bits per heavy atom. The van der Waals surface area contributed by atoms with Crippen molar-refractivity contribution in [1.82, 2.24) is 0 Å². The number of carbonyl (C=O) groups excluding carboxylic acids is 3. The summed E-state index contributed by atoms with van der Waals surface area (Å²) in [5.41, 5.74) is 1.09. The normalized spacial score (nSPS) is 14.7. The molecular formula is C27H18BrNO9. The molecule has 0 radical (unpaired) electrons. The van der Waals surface area contributed by atoms with Crippen LogP contribution < -0.4 is 23.7 Å². The lowest BCUT2D eigenvalue weighted by molar-refractivity contribution is -0.132. The number of ether oxygens (including phenoxy) is 6. The number of halogens is 1. The molecule has 0 saturated heterocycles. The van der Waals surface area contributed by atoms with Crippen molar-refractivity contribution in [3.8, 4) is 28.7 Å². The lowest BCUT2D eigenvalue weighted by atomic mass is 10.1. The van der Waals surface area contributed by atoms with Gasteiger partial charge in [0.1, 0.15) is 5.75 Å². The minimum Gasteiger partial charge on any atom is -0.493 e. The molecule has 38 heavy (non-hydrogen) atoms. The van der Waals surface area contributed by atoms with Crippen LogP contribution in [0.1, 0.15) is 28.4 Å². The van der Waals surface area contributed by atoms with E-state index in [1.165, 1.54) is 38.3 Å². The van der Waals surface area contributed by atoms with Gasteiger partial charge in [0, 0.05) is 22.5 Å². The van der Waals surface area contributed by atoms with Gasteiger partial charge in [-0.2, -0.15) is 0 Å². The van der Waals surface area contributed by atoms with Gasteiger partial charge in [-0.05, 0) is 60.7 Å². The maximum atomic E-state index is 12.8. The number of nitrogens with zero attached hydrogens (tertiary/aromatic N) is 1. The molecule has 0 spiro atoms. The Hall–Kier alpha value is -4.64. The highest BCUT2D eigenvalue weighted by Gasteiger charge is 2.26. The third-order valence-electron chi connectivity index (χ3n) is 5.36. The van der Waals surface area contributed by atoms with E-state index in [9.17, 15) is 14.4 Å². The molecule has 11 heteroatoms. The van der Waals surface area contributed by atoms with E-state index in [-0.39, 0.29) is 41.2 Å². The van der Waals surface area contributed by atoms with Crippen LogP contribution in [0.5, 0.6) is 28.7 Å². The van der Waals surface area contributed by atoms with Crippen LogP contribution in [0.4, 0.5) is 0 Å². The molecule has 0 fully saturated rings. The van der Waals surface area contributed by atoms with Gasteiger partial charge in [-0.25, -0.2) is 14.6 Å².